The van der Waals surface area contributed by atoms with Crippen LogP contribution in [-0.4, -0.2) is 41.6 Å². The number of nitrogens with zero attached hydrogens (tertiary/aromatic N) is 1. The Kier molecular flexibility index (Phi) is 6.79. The molecule has 8 nitrogen and oxygen atoms in total. The largest absolute Gasteiger partial charge is 0.497 e. The maximum Gasteiger partial charge on any atom is 0.340 e. The van der Waals surface area contributed by atoms with E-state index in [9.17, 15) is 18.0 Å². The van der Waals surface area contributed by atoms with Crippen LogP contribution in [0, 0.1) is 0 Å². The molecule has 0 radical (unpaired) electrons. The summed E-state index contributed by atoms with van der Waals surface area (Å²) >= 11 is 0. The average molecular weight is 455 g/mol. The summed E-state index contributed by atoms with van der Waals surface area (Å²) in [5, 5.41) is 2.64. The van der Waals surface area contributed by atoms with E-state index in [1.165, 1.54) is 62.0 Å². The van der Waals surface area contributed by atoms with Crippen molar-refractivity contribution < 1.29 is 27.5 Å². The Morgan fingerprint density at radius 2 is 1.56 bits per heavy atom. The van der Waals surface area contributed by atoms with E-state index in [0.717, 1.165) is 0 Å². The fourth-order valence-electron chi connectivity index (χ4n) is 2.95. The molecule has 0 fully saturated rings. The van der Waals surface area contributed by atoms with Gasteiger partial charge in [-0.05, 0) is 54.6 Å². The number of para-hydroxylation sites is 1. The summed E-state index contributed by atoms with van der Waals surface area (Å²) in [4.78, 5) is 24.8. The lowest BCUT2D eigenvalue weighted by Crippen LogP contribution is -2.26. The fraction of sp³-hybridized carbons (Fsp3) is 0.130. The summed E-state index contributed by atoms with van der Waals surface area (Å²) in [5.74, 6) is -0.717. The van der Waals surface area contributed by atoms with Crippen LogP contribution < -0.4 is 14.4 Å². The Hall–Kier alpha value is -3.85. The minimum atomic E-state index is -3.80. The van der Waals surface area contributed by atoms with Gasteiger partial charge in [0.1, 0.15) is 5.75 Å². The first-order valence-electron chi connectivity index (χ1n) is 9.49. The molecule has 0 aromatic heterocycles. The summed E-state index contributed by atoms with van der Waals surface area (Å²) in [5.41, 5.74) is 1.11. The van der Waals surface area contributed by atoms with Crippen LogP contribution in [0.3, 0.4) is 0 Å². The van der Waals surface area contributed by atoms with Crippen molar-refractivity contribution >= 4 is 33.3 Å². The minimum Gasteiger partial charge on any atom is -0.497 e. The molecule has 1 amide bonds. The fourth-order valence-corrected chi connectivity index (χ4v) is 4.14. The second-order valence-corrected chi connectivity index (χ2v) is 8.66. The maximum absolute atomic E-state index is 12.9. The van der Waals surface area contributed by atoms with Gasteiger partial charge in [0.15, 0.2) is 0 Å². The number of benzene rings is 3. The van der Waals surface area contributed by atoms with Gasteiger partial charge in [0.05, 0.1) is 36.1 Å². The number of ether oxygens (including phenoxy) is 2. The first-order valence-corrected chi connectivity index (χ1v) is 10.9. The van der Waals surface area contributed by atoms with E-state index in [0.29, 0.717) is 11.4 Å². The van der Waals surface area contributed by atoms with Crippen molar-refractivity contribution in [3.63, 3.8) is 0 Å². The van der Waals surface area contributed by atoms with Crippen molar-refractivity contribution in [2.75, 3.05) is 30.9 Å². The van der Waals surface area contributed by atoms with Gasteiger partial charge in [-0.25, -0.2) is 13.2 Å². The molecule has 0 heterocycles. The van der Waals surface area contributed by atoms with E-state index in [1.54, 1.807) is 36.4 Å². The zero-order valence-electron chi connectivity index (χ0n) is 17.7. The van der Waals surface area contributed by atoms with Gasteiger partial charge in [0.2, 0.25) is 0 Å². The number of anilines is 2. The van der Waals surface area contributed by atoms with Gasteiger partial charge in [-0.2, -0.15) is 0 Å². The number of sulfonamides is 1. The molecule has 0 bridgehead atoms. The predicted molar refractivity (Wildman–Crippen MR) is 121 cm³/mol. The van der Waals surface area contributed by atoms with Gasteiger partial charge >= 0.3 is 5.97 Å². The molecule has 9 heteroatoms. The summed E-state index contributed by atoms with van der Waals surface area (Å²) in [7, 11) is 0.359. The quantitative estimate of drug-likeness (QED) is 0.548. The lowest BCUT2D eigenvalue weighted by Gasteiger charge is -2.19. The molecule has 0 aliphatic heterocycles. The van der Waals surface area contributed by atoms with E-state index in [-0.39, 0.29) is 21.7 Å². The number of nitrogens with one attached hydrogen (secondary N) is 1. The molecule has 0 saturated carbocycles. The van der Waals surface area contributed by atoms with Crippen LogP contribution in [0.4, 0.5) is 11.4 Å². The third kappa shape index (κ3) is 4.73. The lowest BCUT2D eigenvalue weighted by atomic mass is 10.1. The molecule has 0 saturated heterocycles. The van der Waals surface area contributed by atoms with Crippen molar-refractivity contribution in [1.82, 2.24) is 0 Å². The Morgan fingerprint density at radius 1 is 0.906 bits per heavy atom. The molecule has 0 spiro atoms. The first-order chi connectivity index (χ1) is 15.3. The summed E-state index contributed by atoms with van der Waals surface area (Å²) in [6.07, 6.45) is 0. The second kappa shape index (κ2) is 9.52. The summed E-state index contributed by atoms with van der Waals surface area (Å²) in [6.45, 7) is 0. The molecule has 3 aromatic rings. The van der Waals surface area contributed by atoms with E-state index in [2.05, 4.69) is 5.32 Å². The average Bonchev–Trinajstić information content (AvgIpc) is 2.83. The van der Waals surface area contributed by atoms with Gasteiger partial charge in [-0.15, -0.1) is 0 Å². The molecule has 32 heavy (non-hydrogen) atoms. The van der Waals surface area contributed by atoms with Crippen LogP contribution in [0.25, 0.3) is 0 Å². The minimum absolute atomic E-state index is 0.0418. The van der Waals surface area contributed by atoms with Crippen LogP contribution in [-0.2, 0) is 14.8 Å². The van der Waals surface area contributed by atoms with Gasteiger partial charge in [0.25, 0.3) is 15.9 Å². The number of hydrogen-bond acceptors (Lipinski definition) is 6. The molecule has 0 aliphatic rings. The highest BCUT2D eigenvalue weighted by molar-refractivity contribution is 7.92. The third-order valence-electron chi connectivity index (χ3n) is 4.77. The van der Waals surface area contributed by atoms with Gasteiger partial charge < -0.3 is 14.8 Å². The van der Waals surface area contributed by atoms with Crippen molar-refractivity contribution in [3.8, 4) is 5.75 Å². The summed E-state index contributed by atoms with van der Waals surface area (Å²) < 4.78 is 36.8. The number of carbonyl (C=O) groups is 2. The zero-order chi connectivity index (χ0) is 23.3. The van der Waals surface area contributed by atoms with Crippen molar-refractivity contribution in [3.05, 3.63) is 83.9 Å². The molecule has 0 atom stereocenters. The van der Waals surface area contributed by atoms with Crippen LogP contribution >= 0.6 is 0 Å². The maximum atomic E-state index is 12.9. The Labute approximate surface area is 186 Å². The van der Waals surface area contributed by atoms with Crippen LogP contribution in [0.5, 0.6) is 5.75 Å². The predicted octanol–water partition coefficient (Wildman–Crippen LogP) is 3.56. The van der Waals surface area contributed by atoms with Crippen molar-refractivity contribution in [1.29, 1.82) is 0 Å². The molecule has 166 valence electrons. The summed E-state index contributed by atoms with van der Waals surface area (Å²) in [6, 6.07) is 18.8. The van der Waals surface area contributed by atoms with E-state index in [1.807, 2.05) is 0 Å². The molecule has 3 rings (SSSR count). The van der Waals surface area contributed by atoms with Crippen LogP contribution in [0.1, 0.15) is 20.7 Å². The number of carbonyl (C=O) groups excluding carboxylic acids is 2. The lowest BCUT2D eigenvalue weighted by molar-refractivity contribution is 0.0601. The Balaban J connectivity index is 1.82. The Morgan fingerprint density at radius 3 is 2.16 bits per heavy atom. The Bertz CT molecular complexity index is 1230. The van der Waals surface area contributed by atoms with E-state index >= 15 is 0 Å². The monoisotopic (exact) mass is 454 g/mol. The second-order valence-electron chi connectivity index (χ2n) is 6.69. The number of methoxy groups -OCH3 is 2. The van der Waals surface area contributed by atoms with E-state index in [4.69, 9.17) is 9.47 Å². The van der Waals surface area contributed by atoms with E-state index < -0.39 is 21.9 Å². The molecule has 1 N–H and O–H groups in total. The smallest absolute Gasteiger partial charge is 0.340 e. The highest BCUT2D eigenvalue weighted by atomic mass is 32.2. The van der Waals surface area contributed by atoms with Gasteiger partial charge in [0, 0.05) is 12.6 Å². The SMILES string of the molecule is COC(=O)c1cc(OC)ccc1NC(=O)c1ccc(S(=O)(=O)N(C)c2ccccc2)cc1. The highest BCUT2D eigenvalue weighted by Crippen LogP contribution is 2.25. The third-order valence-corrected chi connectivity index (χ3v) is 6.57. The van der Waals surface area contributed by atoms with Crippen LogP contribution in [0.15, 0.2) is 77.7 Å². The highest BCUT2D eigenvalue weighted by Gasteiger charge is 2.22. The van der Waals surface area contributed by atoms with Crippen molar-refractivity contribution in [2.24, 2.45) is 0 Å². The molecular weight excluding hydrogens is 432 g/mol. The normalized spacial score (nSPS) is 10.8. The number of rotatable bonds is 7. The number of amides is 1. The molecule has 0 aliphatic carbocycles. The van der Waals surface area contributed by atoms with Crippen LogP contribution in [0.2, 0.25) is 0 Å². The van der Waals surface area contributed by atoms with Crippen molar-refractivity contribution in [2.45, 2.75) is 4.90 Å². The number of esters is 1. The topological polar surface area (TPSA) is 102 Å². The molecular formula is C23H22N2O6S. The zero-order valence-corrected chi connectivity index (χ0v) is 18.5. The molecule has 3 aromatic carbocycles. The van der Waals surface area contributed by atoms with Gasteiger partial charge in [-0.3, -0.25) is 9.10 Å². The van der Waals surface area contributed by atoms with Gasteiger partial charge in [-0.1, -0.05) is 18.2 Å². The first kappa shape index (κ1) is 22.8. The number of hydrogen-bond donors (Lipinski definition) is 1. The standard InChI is InChI=1S/C23H22N2O6S/c1-25(17-7-5-4-6-8-17)32(28,29)19-12-9-16(10-13-19)22(26)24-21-14-11-18(30-2)15-20(21)23(27)31-3/h4-15H,1-3H3,(H,24,26). The molecule has 0 unspecified atom stereocenters.